The fourth-order valence-corrected chi connectivity index (χ4v) is 10.7. The molecule has 0 unspecified atom stereocenters. The second-order valence-corrected chi connectivity index (χ2v) is 19.7. The van der Waals surface area contributed by atoms with E-state index in [0.717, 1.165) is 112 Å². The molecule has 13 aromatic rings. The number of aryl methyl sites for hydroxylation is 4. The third-order valence-corrected chi connectivity index (χ3v) is 14.4. The molecular weight excluding hydrogens is 929 g/mol. The van der Waals surface area contributed by atoms with Crippen molar-refractivity contribution in [2.24, 2.45) is 0 Å². The van der Waals surface area contributed by atoms with Crippen LogP contribution < -0.4 is 19.6 Å². The molecular formula is C70H54N4O2. The van der Waals surface area contributed by atoms with Crippen molar-refractivity contribution >= 4 is 112 Å². The topological polar surface area (TPSA) is 39.2 Å². The van der Waals surface area contributed by atoms with E-state index in [4.69, 9.17) is 8.83 Å². The average Bonchev–Trinajstić information content (AvgIpc) is 4.18. The van der Waals surface area contributed by atoms with Crippen LogP contribution in [0, 0.1) is 27.7 Å². The van der Waals surface area contributed by atoms with Gasteiger partial charge in [0.2, 0.25) is 0 Å². The molecule has 2 aromatic heterocycles. The van der Waals surface area contributed by atoms with Crippen LogP contribution in [0.4, 0.5) is 68.2 Å². The zero-order chi connectivity index (χ0) is 51.3. The Balaban J connectivity index is 1.20. The van der Waals surface area contributed by atoms with Crippen molar-refractivity contribution < 1.29 is 8.83 Å². The van der Waals surface area contributed by atoms with E-state index in [2.05, 4.69) is 302 Å². The lowest BCUT2D eigenvalue weighted by atomic mass is 9.99. The monoisotopic (exact) mass is 982 g/mol. The summed E-state index contributed by atoms with van der Waals surface area (Å²) < 4.78 is 15.4. The number of para-hydroxylation sites is 4. The molecule has 13 rings (SSSR count). The summed E-state index contributed by atoms with van der Waals surface area (Å²) in [6, 6.07) is 90.6. The lowest BCUT2D eigenvalue weighted by Crippen LogP contribution is -2.14. The number of fused-ring (bicyclic) bond motifs is 6. The molecule has 0 aliphatic rings. The molecule has 6 heteroatoms. The minimum absolute atomic E-state index is 0.730. The molecule has 2 heterocycles. The number of nitrogens with zero attached hydrogens (tertiary/aromatic N) is 4. The first-order valence-electron chi connectivity index (χ1n) is 25.9. The maximum Gasteiger partial charge on any atom is 0.162 e. The molecule has 0 atom stereocenters. The van der Waals surface area contributed by atoms with Crippen LogP contribution in [0.15, 0.2) is 264 Å². The Morgan fingerprint density at radius 3 is 0.737 bits per heavy atom. The average molecular weight is 983 g/mol. The molecule has 0 spiro atoms. The number of benzene rings is 11. The maximum atomic E-state index is 7.68. The quantitative estimate of drug-likeness (QED) is 0.114. The minimum atomic E-state index is 0.730. The Morgan fingerprint density at radius 2 is 0.474 bits per heavy atom. The smallest absolute Gasteiger partial charge is 0.162 e. The number of hydrogen-bond acceptors (Lipinski definition) is 6. The van der Waals surface area contributed by atoms with Gasteiger partial charge in [0, 0.05) is 79.8 Å². The molecule has 0 fully saturated rings. The van der Waals surface area contributed by atoms with Gasteiger partial charge in [-0.3, -0.25) is 0 Å². The van der Waals surface area contributed by atoms with Gasteiger partial charge in [0.15, 0.2) is 11.2 Å². The second kappa shape index (κ2) is 19.2. The van der Waals surface area contributed by atoms with Crippen LogP contribution >= 0.6 is 0 Å². The van der Waals surface area contributed by atoms with Gasteiger partial charge < -0.3 is 28.4 Å². The maximum absolute atomic E-state index is 7.68. The van der Waals surface area contributed by atoms with Crippen LogP contribution in [0.1, 0.15) is 22.3 Å². The first-order valence-corrected chi connectivity index (χ1v) is 25.9. The van der Waals surface area contributed by atoms with Gasteiger partial charge in [0.25, 0.3) is 0 Å². The van der Waals surface area contributed by atoms with Crippen LogP contribution in [0.2, 0.25) is 0 Å². The summed E-state index contributed by atoms with van der Waals surface area (Å²) in [5.74, 6) is 0. The molecule has 76 heavy (non-hydrogen) atoms. The van der Waals surface area contributed by atoms with Gasteiger partial charge in [-0.2, -0.15) is 0 Å². The van der Waals surface area contributed by atoms with E-state index in [1.165, 1.54) is 22.3 Å². The van der Waals surface area contributed by atoms with Gasteiger partial charge in [-0.25, -0.2) is 0 Å². The lowest BCUT2D eigenvalue weighted by Gasteiger charge is -2.30. The molecule has 0 aliphatic heterocycles. The highest BCUT2D eigenvalue weighted by molar-refractivity contribution is 6.32. The van der Waals surface area contributed by atoms with E-state index in [-0.39, 0.29) is 0 Å². The highest BCUT2D eigenvalue weighted by Gasteiger charge is 2.33. The summed E-state index contributed by atoms with van der Waals surface area (Å²) in [5, 5.41) is 3.76. The molecule has 0 aliphatic carbocycles. The highest BCUT2D eigenvalue weighted by atomic mass is 16.3. The Labute approximate surface area is 443 Å². The van der Waals surface area contributed by atoms with Gasteiger partial charge in [-0.05, 0) is 149 Å². The predicted octanol–water partition coefficient (Wildman–Crippen LogP) is 20.6. The summed E-state index contributed by atoms with van der Waals surface area (Å²) >= 11 is 0. The fourth-order valence-electron chi connectivity index (χ4n) is 10.7. The third-order valence-electron chi connectivity index (χ3n) is 14.4. The van der Waals surface area contributed by atoms with Gasteiger partial charge in [0.05, 0.1) is 10.8 Å². The van der Waals surface area contributed by atoms with Crippen LogP contribution in [-0.2, 0) is 0 Å². The molecule has 0 amide bonds. The van der Waals surface area contributed by atoms with E-state index in [1.807, 2.05) is 0 Å². The third kappa shape index (κ3) is 8.27. The molecule has 0 radical (unpaired) electrons. The van der Waals surface area contributed by atoms with E-state index in [9.17, 15) is 0 Å². The van der Waals surface area contributed by atoms with Crippen molar-refractivity contribution in [1.82, 2.24) is 0 Å². The Bertz CT molecular complexity index is 3730. The van der Waals surface area contributed by atoms with Gasteiger partial charge in [-0.1, -0.05) is 144 Å². The van der Waals surface area contributed by atoms with Gasteiger partial charge in [0.1, 0.15) is 22.5 Å². The second-order valence-electron chi connectivity index (χ2n) is 19.7. The van der Waals surface area contributed by atoms with Crippen molar-refractivity contribution in [2.75, 3.05) is 19.6 Å². The van der Waals surface area contributed by atoms with Crippen LogP contribution in [0.25, 0.3) is 43.9 Å². The first-order chi connectivity index (χ1) is 37.3. The van der Waals surface area contributed by atoms with Crippen molar-refractivity contribution in [3.8, 4) is 0 Å². The van der Waals surface area contributed by atoms with E-state index < -0.39 is 0 Å². The number of anilines is 12. The normalized spacial score (nSPS) is 11.4. The van der Waals surface area contributed by atoms with E-state index in [0.29, 0.717) is 0 Å². The van der Waals surface area contributed by atoms with Crippen molar-refractivity contribution in [3.63, 3.8) is 0 Å². The van der Waals surface area contributed by atoms with Crippen molar-refractivity contribution in [1.29, 1.82) is 0 Å². The molecule has 6 nitrogen and oxygen atoms in total. The Hall–Kier alpha value is -9.78. The largest absolute Gasteiger partial charge is 0.454 e. The van der Waals surface area contributed by atoms with E-state index >= 15 is 0 Å². The van der Waals surface area contributed by atoms with Crippen LogP contribution in [-0.4, -0.2) is 0 Å². The zero-order valence-corrected chi connectivity index (χ0v) is 42.9. The van der Waals surface area contributed by atoms with Gasteiger partial charge >= 0.3 is 0 Å². The Morgan fingerprint density at radius 1 is 0.237 bits per heavy atom. The summed E-state index contributed by atoms with van der Waals surface area (Å²) in [4.78, 5) is 9.30. The first kappa shape index (κ1) is 46.0. The fraction of sp³-hybridized carbons (Fsp3) is 0.0571. The standard InChI is InChI=1S/C70H54N4O2/c1-47-25-33-55(34-26-47)73(56-35-27-48(2)28-36-56)67-65-61-43-41-59(71(51-17-9-5-10-18-51)52-19-11-6-12-20-52)45-63(61)76-70(65)68(74(57-37-29-49(3)30-38-57)58-39-31-50(4)32-40-58)66-62-44-42-60(46-64(62)75-69(66)67)72(53-21-13-7-14-22-53)54-23-15-8-16-24-54/h5-46H,1-4H3. The summed E-state index contributed by atoms with van der Waals surface area (Å²) in [6.45, 7) is 8.54. The number of furan rings is 2. The molecule has 0 bridgehead atoms. The van der Waals surface area contributed by atoms with Crippen LogP contribution in [0.3, 0.4) is 0 Å². The number of rotatable bonds is 12. The summed E-state index contributed by atoms with van der Waals surface area (Å²) in [5.41, 5.74) is 19.5. The number of hydrogen-bond donors (Lipinski definition) is 0. The molecule has 0 N–H and O–H groups in total. The van der Waals surface area contributed by atoms with Gasteiger partial charge in [-0.15, -0.1) is 0 Å². The van der Waals surface area contributed by atoms with E-state index in [1.54, 1.807) is 0 Å². The summed E-state index contributed by atoms with van der Waals surface area (Å²) in [6.07, 6.45) is 0. The molecule has 0 saturated carbocycles. The Kier molecular flexibility index (Phi) is 11.7. The minimum Gasteiger partial charge on any atom is -0.454 e. The predicted molar refractivity (Wildman–Crippen MR) is 319 cm³/mol. The molecule has 366 valence electrons. The van der Waals surface area contributed by atoms with Crippen molar-refractivity contribution in [2.45, 2.75) is 27.7 Å². The molecule has 11 aromatic carbocycles. The molecule has 0 saturated heterocycles. The summed E-state index contributed by atoms with van der Waals surface area (Å²) in [7, 11) is 0. The highest BCUT2D eigenvalue weighted by Crippen LogP contribution is 2.57. The zero-order valence-electron chi connectivity index (χ0n) is 42.9. The lowest BCUT2D eigenvalue weighted by molar-refractivity contribution is 0.664. The SMILES string of the molecule is Cc1ccc(N(c2ccc(C)cc2)c2c3oc4cc(N(c5ccccc5)c5ccccc5)ccc4c3c(N(c3ccc(C)cc3)c3ccc(C)cc3)c3oc4cc(N(c5ccccc5)c5ccccc5)ccc4c23)cc1. The van der Waals surface area contributed by atoms with Crippen LogP contribution in [0.5, 0.6) is 0 Å². The van der Waals surface area contributed by atoms with Crippen molar-refractivity contribution in [3.05, 3.63) is 277 Å².